The summed E-state index contributed by atoms with van der Waals surface area (Å²) in [6, 6.07) is 3.88. The third-order valence-electron chi connectivity index (χ3n) is 2.46. The van der Waals surface area contributed by atoms with Crippen LogP contribution in [0.3, 0.4) is 0 Å². The van der Waals surface area contributed by atoms with Crippen LogP contribution in [0.25, 0.3) is 0 Å². The molecule has 6 heteroatoms. The quantitative estimate of drug-likeness (QED) is 0.747. The van der Waals surface area contributed by atoms with E-state index in [0.717, 1.165) is 30.2 Å². The summed E-state index contributed by atoms with van der Waals surface area (Å²) in [6.07, 6.45) is 1.74. The predicted molar refractivity (Wildman–Crippen MR) is 74.3 cm³/mol. The number of aromatic nitrogens is 2. The van der Waals surface area contributed by atoms with Crippen molar-refractivity contribution in [3.8, 4) is 5.75 Å². The van der Waals surface area contributed by atoms with Crippen LogP contribution in [0.5, 0.6) is 5.75 Å². The van der Waals surface area contributed by atoms with Gasteiger partial charge in [0.25, 0.3) is 0 Å². The summed E-state index contributed by atoms with van der Waals surface area (Å²) in [5, 5.41) is 5.21. The van der Waals surface area contributed by atoms with E-state index in [1.54, 1.807) is 30.2 Å². The highest BCUT2D eigenvalue weighted by Crippen LogP contribution is 2.12. The molecule has 0 aliphatic rings. The van der Waals surface area contributed by atoms with Gasteiger partial charge < -0.3 is 14.8 Å². The van der Waals surface area contributed by atoms with Crippen LogP contribution in [-0.4, -0.2) is 30.2 Å². The molecule has 0 aliphatic carbocycles. The van der Waals surface area contributed by atoms with Crippen molar-refractivity contribution < 1.29 is 9.47 Å². The fourth-order valence-corrected chi connectivity index (χ4v) is 2.00. The molecule has 0 aromatic carbocycles. The molecule has 2 rings (SSSR count). The molecule has 0 aliphatic heterocycles. The molecule has 0 unspecified atom stereocenters. The molecule has 19 heavy (non-hydrogen) atoms. The fraction of sp³-hybridized carbons (Fsp3) is 0.385. The average Bonchev–Trinajstić information content (AvgIpc) is 2.96. The second-order valence-electron chi connectivity index (χ2n) is 3.92. The number of hydrogen-bond donors (Lipinski definition) is 1. The van der Waals surface area contributed by atoms with Gasteiger partial charge in [-0.2, -0.15) is 0 Å². The van der Waals surface area contributed by atoms with Gasteiger partial charge in [-0.15, -0.1) is 11.3 Å². The van der Waals surface area contributed by atoms with E-state index in [1.807, 2.05) is 17.5 Å². The van der Waals surface area contributed by atoms with E-state index >= 15 is 0 Å². The second-order valence-corrected chi connectivity index (χ2v) is 4.64. The number of ether oxygens (including phenoxy) is 2. The van der Waals surface area contributed by atoms with Crippen LogP contribution in [0.1, 0.15) is 11.4 Å². The monoisotopic (exact) mass is 279 g/mol. The number of thiazole rings is 1. The highest BCUT2D eigenvalue weighted by Gasteiger charge is 1.99. The summed E-state index contributed by atoms with van der Waals surface area (Å²) in [7, 11) is 1.69. The van der Waals surface area contributed by atoms with Crippen molar-refractivity contribution >= 4 is 11.3 Å². The van der Waals surface area contributed by atoms with Crippen LogP contribution >= 0.6 is 11.3 Å². The molecule has 0 radical (unpaired) electrons. The van der Waals surface area contributed by atoms with Gasteiger partial charge in [0.2, 0.25) is 0 Å². The Hall–Kier alpha value is -1.50. The minimum absolute atomic E-state index is 0.483. The van der Waals surface area contributed by atoms with E-state index in [-0.39, 0.29) is 0 Å². The van der Waals surface area contributed by atoms with Gasteiger partial charge in [0.1, 0.15) is 12.4 Å². The molecule has 102 valence electrons. The lowest BCUT2D eigenvalue weighted by Crippen LogP contribution is -2.19. The maximum atomic E-state index is 5.59. The summed E-state index contributed by atoms with van der Waals surface area (Å²) >= 11 is 1.56. The standard InChI is InChI=1S/C13H17N3O2S/c1-17-5-4-14-6-11-2-3-13(7-15-11)18-8-12-9-19-10-16-12/h2-3,7,9-10,14H,4-6,8H2,1H3. The van der Waals surface area contributed by atoms with Gasteiger partial charge in [0.15, 0.2) is 0 Å². The molecular weight excluding hydrogens is 262 g/mol. The summed E-state index contributed by atoms with van der Waals surface area (Å²) in [6.45, 7) is 2.74. The minimum Gasteiger partial charge on any atom is -0.486 e. The lowest BCUT2D eigenvalue weighted by atomic mass is 10.3. The molecule has 0 saturated heterocycles. The molecule has 0 saturated carbocycles. The predicted octanol–water partition coefficient (Wildman–Crippen LogP) is 1.85. The first-order valence-corrected chi connectivity index (χ1v) is 6.97. The van der Waals surface area contributed by atoms with Gasteiger partial charge in [-0.3, -0.25) is 4.98 Å². The summed E-state index contributed by atoms with van der Waals surface area (Å²) in [4.78, 5) is 8.49. The van der Waals surface area contributed by atoms with Crippen molar-refractivity contribution in [1.29, 1.82) is 0 Å². The van der Waals surface area contributed by atoms with Gasteiger partial charge in [-0.1, -0.05) is 0 Å². The summed E-state index contributed by atoms with van der Waals surface area (Å²) in [5.41, 5.74) is 3.72. The van der Waals surface area contributed by atoms with Crippen LogP contribution in [0.2, 0.25) is 0 Å². The van der Waals surface area contributed by atoms with Crippen LogP contribution in [0.15, 0.2) is 29.2 Å². The highest BCUT2D eigenvalue weighted by atomic mass is 32.1. The first kappa shape index (κ1) is 13.9. The Balaban J connectivity index is 1.74. The van der Waals surface area contributed by atoms with E-state index in [0.29, 0.717) is 13.2 Å². The Morgan fingerprint density at radius 3 is 2.89 bits per heavy atom. The molecule has 2 heterocycles. The molecule has 0 atom stereocenters. The number of nitrogens with one attached hydrogen (secondary N) is 1. The molecule has 1 N–H and O–H groups in total. The van der Waals surface area contributed by atoms with E-state index in [2.05, 4.69) is 15.3 Å². The first-order chi connectivity index (χ1) is 9.38. The topological polar surface area (TPSA) is 56.3 Å². The van der Waals surface area contributed by atoms with Gasteiger partial charge in [-0.05, 0) is 12.1 Å². The molecule has 0 amide bonds. The Labute approximate surface area is 116 Å². The number of methoxy groups -OCH3 is 1. The molecule has 2 aromatic rings. The lowest BCUT2D eigenvalue weighted by molar-refractivity contribution is 0.199. The third-order valence-corrected chi connectivity index (χ3v) is 3.09. The molecule has 2 aromatic heterocycles. The summed E-state index contributed by atoms with van der Waals surface area (Å²) in [5.74, 6) is 0.758. The molecule has 0 spiro atoms. The second kappa shape index (κ2) is 7.83. The van der Waals surface area contributed by atoms with Crippen molar-refractivity contribution in [2.45, 2.75) is 13.2 Å². The van der Waals surface area contributed by atoms with Crippen molar-refractivity contribution in [3.63, 3.8) is 0 Å². The van der Waals surface area contributed by atoms with Crippen LogP contribution < -0.4 is 10.1 Å². The molecule has 0 bridgehead atoms. The Morgan fingerprint density at radius 2 is 2.21 bits per heavy atom. The highest BCUT2D eigenvalue weighted by molar-refractivity contribution is 7.07. The zero-order chi connectivity index (χ0) is 13.3. The number of rotatable bonds is 8. The normalized spacial score (nSPS) is 10.6. The SMILES string of the molecule is COCCNCc1ccc(OCc2cscn2)cn1. The minimum atomic E-state index is 0.483. The van der Waals surface area contributed by atoms with E-state index in [4.69, 9.17) is 9.47 Å². The van der Waals surface area contributed by atoms with Gasteiger partial charge >= 0.3 is 0 Å². The number of hydrogen-bond acceptors (Lipinski definition) is 6. The maximum Gasteiger partial charge on any atom is 0.138 e. The zero-order valence-electron chi connectivity index (χ0n) is 10.8. The van der Waals surface area contributed by atoms with Crippen molar-refractivity contribution in [2.24, 2.45) is 0 Å². The zero-order valence-corrected chi connectivity index (χ0v) is 11.7. The van der Waals surface area contributed by atoms with E-state index in [1.165, 1.54) is 0 Å². The van der Waals surface area contributed by atoms with Crippen molar-refractivity contribution in [3.05, 3.63) is 40.6 Å². The number of pyridine rings is 1. The smallest absolute Gasteiger partial charge is 0.138 e. The number of nitrogens with zero attached hydrogens (tertiary/aromatic N) is 2. The average molecular weight is 279 g/mol. The Kier molecular flexibility index (Phi) is 5.74. The third kappa shape index (κ3) is 4.94. The van der Waals surface area contributed by atoms with Crippen molar-refractivity contribution in [1.82, 2.24) is 15.3 Å². The van der Waals surface area contributed by atoms with Crippen molar-refractivity contribution in [2.75, 3.05) is 20.3 Å². The summed E-state index contributed by atoms with van der Waals surface area (Å²) < 4.78 is 10.5. The van der Waals surface area contributed by atoms with Crippen LogP contribution in [0.4, 0.5) is 0 Å². The maximum absolute atomic E-state index is 5.59. The van der Waals surface area contributed by atoms with Gasteiger partial charge in [-0.25, -0.2) is 4.98 Å². The molecule has 0 fully saturated rings. The van der Waals surface area contributed by atoms with Crippen LogP contribution in [0, 0.1) is 0 Å². The van der Waals surface area contributed by atoms with Gasteiger partial charge in [0, 0.05) is 25.6 Å². The van der Waals surface area contributed by atoms with Gasteiger partial charge in [0.05, 0.1) is 29.7 Å². The molecule has 5 nitrogen and oxygen atoms in total. The largest absolute Gasteiger partial charge is 0.486 e. The fourth-order valence-electron chi connectivity index (χ4n) is 1.46. The van der Waals surface area contributed by atoms with Crippen LogP contribution in [-0.2, 0) is 17.9 Å². The lowest BCUT2D eigenvalue weighted by Gasteiger charge is -2.06. The molecular formula is C13H17N3O2S. The first-order valence-electron chi connectivity index (χ1n) is 6.03. The van der Waals surface area contributed by atoms with E-state index < -0.39 is 0 Å². The Bertz CT molecular complexity index is 459. The Morgan fingerprint density at radius 1 is 1.26 bits per heavy atom. The van der Waals surface area contributed by atoms with E-state index in [9.17, 15) is 0 Å².